The van der Waals surface area contributed by atoms with E-state index in [4.69, 9.17) is 4.74 Å². The molecule has 3 heteroatoms. The van der Waals surface area contributed by atoms with Gasteiger partial charge in [0.25, 0.3) is 5.95 Å². The van der Waals surface area contributed by atoms with Crippen LogP contribution >= 0.6 is 0 Å². The van der Waals surface area contributed by atoms with Gasteiger partial charge in [-0.05, 0) is 18.2 Å². The first-order chi connectivity index (χ1) is 5.34. The summed E-state index contributed by atoms with van der Waals surface area (Å²) in [5.74, 6) is -0.546. The zero-order valence-corrected chi connectivity index (χ0v) is 5.96. The van der Waals surface area contributed by atoms with Gasteiger partial charge in [0.05, 0.1) is 0 Å². The Labute approximate surface area is 64.4 Å². The van der Waals surface area contributed by atoms with E-state index in [0.29, 0.717) is 6.61 Å². The standard InChI is InChI=1S/C8H8FNO/c1-2-7-8(9)10-5-3-4-6-11-7/h2-5H,1,6H2/b4-3-,8-7-,10-5+. The van der Waals surface area contributed by atoms with Gasteiger partial charge in [-0.1, -0.05) is 6.58 Å². The van der Waals surface area contributed by atoms with Crippen LogP contribution in [0.3, 0.4) is 0 Å². The van der Waals surface area contributed by atoms with Crippen molar-refractivity contribution in [2.45, 2.75) is 0 Å². The lowest BCUT2D eigenvalue weighted by Crippen LogP contribution is -1.94. The van der Waals surface area contributed by atoms with Crippen molar-refractivity contribution in [1.82, 2.24) is 0 Å². The molecule has 0 spiro atoms. The predicted molar refractivity (Wildman–Crippen MR) is 41.9 cm³/mol. The maximum atomic E-state index is 12.7. The lowest BCUT2D eigenvalue weighted by atomic mass is 10.4. The fourth-order valence-electron chi connectivity index (χ4n) is 0.629. The number of ether oxygens (including phenoxy) is 1. The predicted octanol–water partition coefficient (Wildman–Crippen LogP) is 1.97. The van der Waals surface area contributed by atoms with Gasteiger partial charge in [-0.3, -0.25) is 0 Å². The molecular weight excluding hydrogens is 145 g/mol. The summed E-state index contributed by atoms with van der Waals surface area (Å²) in [6, 6.07) is 0. The first-order valence-corrected chi connectivity index (χ1v) is 3.19. The highest BCUT2D eigenvalue weighted by atomic mass is 19.1. The Morgan fingerprint density at radius 2 is 2.55 bits per heavy atom. The van der Waals surface area contributed by atoms with Gasteiger partial charge in [0.2, 0.25) is 0 Å². The third kappa shape index (κ3) is 2.04. The van der Waals surface area contributed by atoms with Crippen LogP contribution < -0.4 is 0 Å². The summed E-state index contributed by atoms with van der Waals surface area (Å²) in [5.41, 5.74) is 0. The van der Waals surface area contributed by atoms with E-state index in [2.05, 4.69) is 11.6 Å². The van der Waals surface area contributed by atoms with Gasteiger partial charge >= 0.3 is 0 Å². The van der Waals surface area contributed by atoms with Crippen molar-refractivity contribution in [1.29, 1.82) is 0 Å². The fourth-order valence-corrected chi connectivity index (χ4v) is 0.629. The Morgan fingerprint density at radius 1 is 1.73 bits per heavy atom. The molecule has 0 aromatic heterocycles. The van der Waals surface area contributed by atoms with Crippen LogP contribution in [0.4, 0.5) is 4.39 Å². The highest BCUT2D eigenvalue weighted by Gasteiger charge is 2.01. The van der Waals surface area contributed by atoms with E-state index in [1.165, 1.54) is 12.3 Å². The van der Waals surface area contributed by atoms with Crippen LogP contribution in [-0.4, -0.2) is 12.8 Å². The third-order valence-corrected chi connectivity index (χ3v) is 1.13. The van der Waals surface area contributed by atoms with Gasteiger partial charge < -0.3 is 4.74 Å². The molecule has 11 heavy (non-hydrogen) atoms. The van der Waals surface area contributed by atoms with Crippen molar-refractivity contribution < 1.29 is 9.13 Å². The molecule has 0 saturated carbocycles. The molecule has 0 aromatic carbocycles. The molecule has 0 saturated heterocycles. The summed E-state index contributed by atoms with van der Waals surface area (Å²) in [7, 11) is 0. The number of hydrogen-bond donors (Lipinski definition) is 0. The summed E-state index contributed by atoms with van der Waals surface area (Å²) in [4.78, 5) is 3.44. The number of allylic oxidation sites excluding steroid dienone is 2. The number of hydrogen-bond acceptors (Lipinski definition) is 2. The molecule has 1 aliphatic heterocycles. The van der Waals surface area contributed by atoms with E-state index in [-0.39, 0.29) is 5.76 Å². The average Bonchev–Trinajstić information content (AvgIpc) is 1.98. The van der Waals surface area contributed by atoms with E-state index < -0.39 is 5.95 Å². The SMILES string of the molecule is C=C/C1=C(F)/N=C/C=C\CO1. The molecule has 1 rings (SSSR count). The first kappa shape index (κ1) is 7.72. The lowest BCUT2D eigenvalue weighted by molar-refractivity contribution is 0.247. The Bertz CT molecular complexity index is 240. The fraction of sp³-hybridized carbons (Fsp3) is 0.125. The van der Waals surface area contributed by atoms with Crippen LogP contribution in [0.25, 0.3) is 0 Å². The molecule has 0 N–H and O–H groups in total. The smallest absolute Gasteiger partial charge is 0.255 e. The van der Waals surface area contributed by atoms with Crippen molar-refractivity contribution >= 4 is 6.21 Å². The van der Waals surface area contributed by atoms with E-state index >= 15 is 0 Å². The van der Waals surface area contributed by atoms with Crippen molar-refractivity contribution in [3.8, 4) is 0 Å². The van der Waals surface area contributed by atoms with Crippen LogP contribution in [-0.2, 0) is 4.74 Å². The molecule has 0 atom stereocenters. The largest absolute Gasteiger partial charge is 0.485 e. The number of halogens is 1. The zero-order chi connectivity index (χ0) is 8.10. The molecule has 0 bridgehead atoms. The van der Waals surface area contributed by atoms with Gasteiger partial charge in [-0.15, -0.1) is 0 Å². The van der Waals surface area contributed by atoms with E-state index in [0.717, 1.165) is 0 Å². The molecule has 0 unspecified atom stereocenters. The minimum Gasteiger partial charge on any atom is -0.485 e. The maximum Gasteiger partial charge on any atom is 0.255 e. The normalized spacial score (nSPS) is 29.5. The van der Waals surface area contributed by atoms with E-state index in [1.54, 1.807) is 12.2 Å². The third-order valence-electron chi connectivity index (χ3n) is 1.13. The molecule has 0 amide bonds. The highest BCUT2D eigenvalue weighted by Crippen LogP contribution is 2.11. The molecule has 2 nitrogen and oxygen atoms in total. The zero-order valence-electron chi connectivity index (χ0n) is 5.96. The monoisotopic (exact) mass is 153 g/mol. The van der Waals surface area contributed by atoms with Gasteiger partial charge in [-0.25, -0.2) is 4.99 Å². The van der Waals surface area contributed by atoms with Gasteiger partial charge in [0.15, 0.2) is 5.76 Å². The molecule has 0 radical (unpaired) electrons. The Hall–Kier alpha value is -1.38. The topological polar surface area (TPSA) is 21.6 Å². The van der Waals surface area contributed by atoms with Crippen molar-refractivity contribution in [3.63, 3.8) is 0 Å². The number of aliphatic imine (C=N–C) groups is 1. The Morgan fingerprint density at radius 3 is 3.27 bits per heavy atom. The minimum atomic E-state index is -0.635. The minimum absolute atomic E-state index is 0.0885. The van der Waals surface area contributed by atoms with Crippen LogP contribution in [0.5, 0.6) is 0 Å². The molecule has 0 fully saturated rings. The summed E-state index contributed by atoms with van der Waals surface area (Å²) in [5, 5.41) is 0. The van der Waals surface area contributed by atoms with Crippen LogP contribution in [0.2, 0.25) is 0 Å². The van der Waals surface area contributed by atoms with Gasteiger partial charge in [0, 0.05) is 6.21 Å². The van der Waals surface area contributed by atoms with Crippen molar-refractivity contribution in [2.75, 3.05) is 6.61 Å². The Kier molecular flexibility index (Phi) is 2.60. The summed E-state index contributed by atoms with van der Waals surface area (Å²) < 4.78 is 17.7. The van der Waals surface area contributed by atoms with Gasteiger partial charge in [-0.2, -0.15) is 4.39 Å². The molecule has 0 aromatic rings. The van der Waals surface area contributed by atoms with E-state index in [9.17, 15) is 4.39 Å². The molecular formula is C8H8FNO. The van der Waals surface area contributed by atoms with Crippen LogP contribution in [0, 0.1) is 0 Å². The summed E-state index contributed by atoms with van der Waals surface area (Å²) in [6.45, 7) is 3.73. The lowest BCUT2D eigenvalue weighted by Gasteiger charge is -2.04. The van der Waals surface area contributed by atoms with Crippen molar-refractivity contribution in [3.05, 3.63) is 36.5 Å². The van der Waals surface area contributed by atoms with Crippen molar-refractivity contribution in [2.24, 2.45) is 4.99 Å². The average molecular weight is 153 g/mol. The summed E-state index contributed by atoms with van der Waals surface area (Å²) in [6.07, 6.45) is 6.03. The second-order valence-corrected chi connectivity index (χ2v) is 1.88. The highest BCUT2D eigenvalue weighted by molar-refractivity contribution is 5.72. The van der Waals surface area contributed by atoms with Gasteiger partial charge in [0.1, 0.15) is 6.61 Å². The molecule has 1 heterocycles. The molecule has 0 aliphatic carbocycles. The quantitative estimate of drug-likeness (QED) is 0.528. The molecule has 58 valence electrons. The van der Waals surface area contributed by atoms with E-state index in [1.807, 2.05) is 0 Å². The second-order valence-electron chi connectivity index (χ2n) is 1.88. The van der Waals surface area contributed by atoms with Crippen LogP contribution in [0.1, 0.15) is 0 Å². The Balaban J connectivity index is 2.87. The first-order valence-electron chi connectivity index (χ1n) is 3.19. The molecule has 1 aliphatic rings. The number of nitrogens with zero attached hydrogens (tertiary/aromatic N) is 1. The maximum absolute atomic E-state index is 12.7. The van der Waals surface area contributed by atoms with Crippen LogP contribution in [0.15, 0.2) is 41.5 Å². The summed E-state index contributed by atoms with van der Waals surface area (Å²) >= 11 is 0. The second kappa shape index (κ2) is 3.71. The number of rotatable bonds is 1.